The van der Waals surface area contributed by atoms with Crippen molar-refractivity contribution in [2.24, 2.45) is 11.3 Å². The molecule has 0 radical (unpaired) electrons. The smallest absolute Gasteiger partial charge is 0.120 e. The van der Waals surface area contributed by atoms with Gasteiger partial charge >= 0.3 is 0 Å². The molecule has 3 nitrogen and oxygen atoms in total. The van der Waals surface area contributed by atoms with E-state index in [4.69, 9.17) is 4.74 Å². The molecule has 3 fully saturated rings. The van der Waals surface area contributed by atoms with E-state index in [0.29, 0.717) is 5.41 Å². The average molecular weight is 238 g/mol. The second kappa shape index (κ2) is 3.69. The molecule has 0 aromatic rings. The minimum Gasteiger partial charge on any atom is -0.351 e. The summed E-state index contributed by atoms with van der Waals surface area (Å²) in [6, 6.07) is 0. The number of nitrogens with one attached hydrogen (secondary N) is 2. The van der Waals surface area contributed by atoms with Gasteiger partial charge in [-0.3, -0.25) is 5.32 Å². The van der Waals surface area contributed by atoms with Gasteiger partial charge in [-0.15, -0.1) is 0 Å². The lowest BCUT2D eigenvalue weighted by atomic mass is 9.68. The molecule has 0 amide bonds. The number of ether oxygens (including phenoxy) is 1. The van der Waals surface area contributed by atoms with Gasteiger partial charge in [-0.05, 0) is 37.0 Å². The minimum atomic E-state index is -0.0402. The summed E-state index contributed by atoms with van der Waals surface area (Å²) in [5, 5.41) is 7.07. The van der Waals surface area contributed by atoms with Crippen molar-refractivity contribution in [1.82, 2.24) is 10.6 Å². The zero-order valence-electron chi connectivity index (χ0n) is 11.4. The van der Waals surface area contributed by atoms with Crippen molar-refractivity contribution >= 4 is 0 Å². The summed E-state index contributed by atoms with van der Waals surface area (Å²) >= 11 is 0. The summed E-state index contributed by atoms with van der Waals surface area (Å²) in [5.41, 5.74) is 0.514. The molecule has 3 heteroatoms. The van der Waals surface area contributed by atoms with Crippen molar-refractivity contribution in [2.75, 3.05) is 19.6 Å². The van der Waals surface area contributed by atoms with Gasteiger partial charge in [-0.25, -0.2) is 0 Å². The van der Waals surface area contributed by atoms with E-state index in [1.807, 2.05) is 0 Å². The first-order valence-electron chi connectivity index (χ1n) is 7.09. The minimum absolute atomic E-state index is 0.0402. The van der Waals surface area contributed by atoms with Gasteiger partial charge < -0.3 is 10.1 Å². The van der Waals surface area contributed by atoms with Crippen molar-refractivity contribution in [2.45, 2.75) is 57.8 Å². The summed E-state index contributed by atoms with van der Waals surface area (Å²) in [6.07, 6.45) is 4.83. The van der Waals surface area contributed by atoms with Crippen LogP contribution in [0, 0.1) is 11.3 Å². The van der Waals surface area contributed by atoms with Crippen LogP contribution in [-0.4, -0.2) is 31.0 Å². The second-order valence-corrected chi connectivity index (χ2v) is 7.41. The summed E-state index contributed by atoms with van der Waals surface area (Å²) in [4.78, 5) is 0. The second-order valence-electron chi connectivity index (χ2n) is 7.41. The van der Waals surface area contributed by atoms with Gasteiger partial charge in [-0.1, -0.05) is 20.8 Å². The van der Waals surface area contributed by atoms with Gasteiger partial charge in [0.05, 0.1) is 5.60 Å². The molecule has 1 saturated carbocycles. The van der Waals surface area contributed by atoms with Crippen LogP contribution >= 0.6 is 0 Å². The monoisotopic (exact) mass is 238 g/mol. The lowest BCUT2D eigenvalue weighted by Gasteiger charge is -2.57. The Kier molecular flexibility index (Phi) is 2.59. The third-order valence-corrected chi connectivity index (χ3v) is 4.68. The van der Waals surface area contributed by atoms with Crippen molar-refractivity contribution in [3.8, 4) is 0 Å². The van der Waals surface area contributed by atoms with Crippen LogP contribution in [0.1, 0.15) is 46.5 Å². The Hall–Kier alpha value is -0.120. The summed E-state index contributed by atoms with van der Waals surface area (Å²) in [5.74, 6) is 0.759. The molecule has 2 atom stereocenters. The largest absolute Gasteiger partial charge is 0.351 e. The molecule has 0 aromatic carbocycles. The predicted molar refractivity (Wildman–Crippen MR) is 68.8 cm³/mol. The van der Waals surface area contributed by atoms with Gasteiger partial charge in [0.2, 0.25) is 0 Å². The number of hydrogen-bond donors (Lipinski definition) is 2. The molecule has 2 spiro atoms. The van der Waals surface area contributed by atoms with Crippen molar-refractivity contribution < 1.29 is 4.74 Å². The quantitative estimate of drug-likeness (QED) is 0.676. The van der Waals surface area contributed by atoms with Gasteiger partial charge in [0.25, 0.3) is 0 Å². The summed E-state index contributed by atoms with van der Waals surface area (Å²) in [6.45, 7) is 10.3. The Morgan fingerprint density at radius 2 is 1.94 bits per heavy atom. The molecule has 0 bridgehead atoms. The molecule has 1 aliphatic carbocycles. The van der Waals surface area contributed by atoms with Crippen LogP contribution in [0.25, 0.3) is 0 Å². The highest BCUT2D eigenvalue weighted by atomic mass is 16.5. The van der Waals surface area contributed by atoms with Crippen LogP contribution in [0.15, 0.2) is 0 Å². The summed E-state index contributed by atoms with van der Waals surface area (Å²) in [7, 11) is 0. The van der Waals surface area contributed by atoms with Crippen molar-refractivity contribution in [3.63, 3.8) is 0 Å². The van der Waals surface area contributed by atoms with Crippen LogP contribution in [0.3, 0.4) is 0 Å². The lowest BCUT2D eigenvalue weighted by molar-refractivity contribution is -0.246. The maximum atomic E-state index is 6.57. The Bertz CT molecular complexity index is 311. The highest BCUT2D eigenvalue weighted by molar-refractivity contribution is 5.04. The molecule has 2 saturated heterocycles. The molecule has 17 heavy (non-hydrogen) atoms. The van der Waals surface area contributed by atoms with E-state index in [1.165, 1.54) is 12.8 Å². The molecule has 2 unspecified atom stereocenters. The first kappa shape index (κ1) is 11.9. The number of rotatable bonds is 0. The van der Waals surface area contributed by atoms with Crippen LogP contribution in [0.2, 0.25) is 0 Å². The van der Waals surface area contributed by atoms with Crippen molar-refractivity contribution in [3.05, 3.63) is 0 Å². The third-order valence-electron chi connectivity index (χ3n) is 4.68. The van der Waals surface area contributed by atoms with Gasteiger partial charge in [0.15, 0.2) is 0 Å². The SMILES string of the molecule is CC1CC(C)(C)CC2(C1)NCCC1(CNC1)O2. The first-order chi connectivity index (χ1) is 7.93. The highest BCUT2D eigenvalue weighted by Gasteiger charge is 2.52. The van der Waals surface area contributed by atoms with Crippen LogP contribution in [-0.2, 0) is 4.74 Å². The van der Waals surface area contributed by atoms with Crippen LogP contribution in [0.5, 0.6) is 0 Å². The Morgan fingerprint density at radius 1 is 1.18 bits per heavy atom. The Labute approximate surface area is 105 Å². The molecular formula is C14H26N2O. The average Bonchev–Trinajstić information content (AvgIpc) is 2.11. The van der Waals surface area contributed by atoms with E-state index in [9.17, 15) is 0 Å². The first-order valence-corrected chi connectivity index (χ1v) is 7.09. The normalized spacial score (nSPS) is 43.6. The highest BCUT2D eigenvalue weighted by Crippen LogP contribution is 2.47. The maximum absolute atomic E-state index is 6.57. The Morgan fingerprint density at radius 3 is 2.53 bits per heavy atom. The van der Waals surface area contributed by atoms with Crippen LogP contribution in [0.4, 0.5) is 0 Å². The van der Waals surface area contributed by atoms with Crippen LogP contribution < -0.4 is 10.6 Å². The van der Waals surface area contributed by atoms with E-state index in [-0.39, 0.29) is 11.3 Å². The molecule has 2 aliphatic heterocycles. The standard InChI is InChI=1S/C14H26N2O/c1-11-6-12(2,3)8-14(7-11)16-5-4-13(17-14)9-15-10-13/h11,15-16H,4-10H2,1-3H3. The van der Waals surface area contributed by atoms with Crippen molar-refractivity contribution in [1.29, 1.82) is 0 Å². The summed E-state index contributed by atoms with van der Waals surface area (Å²) < 4.78 is 6.57. The molecule has 2 heterocycles. The van der Waals surface area contributed by atoms with E-state index in [0.717, 1.165) is 38.4 Å². The Balaban J connectivity index is 1.79. The molecule has 2 N–H and O–H groups in total. The molecular weight excluding hydrogens is 212 g/mol. The van der Waals surface area contributed by atoms with Gasteiger partial charge in [0, 0.05) is 19.6 Å². The van der Waals surface area contributed by atoms with Gasteiger partial charge in [0.1, 0.15) is 5.72 Å². The zero-order valence-corrected chi connectivity index (χ0v) is 11.4. The van der Waals surface area contributed by atoms with E-state index < -0.39 is 0 Å². The topological polar surface area (TPSA) is 33.3 Å². The van der Waals surface area contributed by atoms with E-state index in [1.54, 1.807) is 0 Å². The predicted octanol–water partition coefficient (Wildman–Crippen LogP) is 1.88. The molecule has 98 valence electrons. The zero-order chi connectivity index (χ0) is 12.1. The van der Waals surface area contributed by atoms with E-state index in [2.05, 4.69) is 31.4 Å². The fourth-order valence-electron chi connectivity index (χ4n) is 4.38. The van der Waals surface area contributed by atoms with Gasteiger partial charge in [-0.2, -0.15) is 0 Å². The third kappa shape index (κ3) is 2.13. The maximum Gasteiger partial charge on any atom is 0.120 e. The number of hydrogen-bond acceptors (Lipinski definition) is 3. The molecule has 3 rings (SSSR count). The molecule has 3 aliphatic rings. The fraction of sp³-hybridized carbons (Fsp3) is 1.00. The lowest BCUT2D eigenvalue weighted by Crippen LogP contribution is -2.72. The molecule has 0 aromatic heterocycles. The fourth-order valence-corrected chi connectivity index (χ4v) is 4.38. The van der Waals surface area contributed by atoms with E-state index >= 15 is 0 Å².